The molecule has 0 radical (unpaired) electrons. The van der Waals surface area contributed by atoms with Crippen molar-refractivity contribution in [3.63, 3.8) is 0 Å². The van der Waals surface area contributed by atoms with E-state index in [-0.39, 0.29) is 5.78 Å². The second-order valence-corrected chi connectivity index (χ2v) is 5.50. The lowest BCUT2D eigenvalue weighted by Crippen LogP contribution is -2.48. The van der Waals surface area contributed by atoms with E-state index in [1.165, 1.54) is 0 Å². The SMILES string of the molecule is Nc1cccc(C(=O)CN2CCN(c3ccccn3)CC2)c1. The van der Waals surface area contributed by atoms with E-state index >= 15 is 0 Å². The highest BCUT2D eigenvalue weighted by Gasteiger charge is 2.20. The fraction of sp³-hybridized carbons (Fsp3) is 0.294. The van der Waals surface area contributed by atoms with Crippen LogP contribution in [0, 0.1) is 0 Å². The maximum absolute atomic E-state index is 12.3. The summed E-state index contributed by atoms with van der Waals surface area (Å²) in [5.41, 5.74) is 7.05. The van der Waals surface area contributed by atoms with Gasteiger partial charge in [0, 0.05) is 43.6 Å². The third-order valence-corrected chi connectivity index (χ3v) is 3.92. The minimum Gasteiger partial charge on any atom is -0.399 e. The van der Waals surface area contributed by atoms with Crippen LogP contribution in [0.15, 0.2) is 48.7 Å². The van der Waals surface area contributed by atoms with Gasteiger partial charge in [0.25, 0.3) is 0 Å². The number of nitrogens with two attached hydrogens (primary N) is 1. The number of nitrogen functional groups attached to an aromatic ring is 1. The van der Waals surface area contributed by atoms with Gasteiger partial charge in [0.1, 0.15) is 5.82 Å². The Hall–Kier alpha value is -2.40. The Balaban J connectivity index is 1.55. The second kappa shape index (κ2) is 6.58. The van der Waals surface area contributed by atoms with Crippen molar-refractivity contribution in [1.29, 1.82) is 0 Å². The van der Waals surface area contributed by atoms with E-state index in [9.17, 15) is 4.79 Å². The monoisotopic (exact) mass is 296 g/mol. The van der Waals surface area contributed by atoms with E-state index in [2.05, 4.69) is 14.8 Å². The summed E-state index contributed by atoms with van der Waals surface area (Å²) in [5, 5.41) is 0. The number of aromatic nitrogens is 1. The van der Waals surface area contributed by atoms with Gasteiger partial charge in [0.2, 0.25) is 0 Å². The van der Waals surface area contributed by atoms with Crippen molar-refractivity contribution in [2.75, 3.05) is 43.4 Å². The molecule has 1 aliphatic heterocycles. The Morgan fingerprint density at radius 2 is 1.91 bits per heavy atom. The van der Waals surface area contributed by atoms with Crippen LogP contribution in [0.1, 0.15) is 10.4 Å². The van der Waals surface area contributed by atoms with Crippen LogP contribution in [0.3, 0.4) is 0 Å². The normalized spacial score (nSPS) is 15.7. The van der Waals surface area contributed by atoms with Crippen molar-refractivity contribution in [3.8, 4) is 0 Å². The van der Waals surface area contributed by atoms with Crippen LogP contribution < -0.4 is 10.6 Å². The van der Waals surface area contributed by atoms with Gasteiger partial charge < -0.3 is 10.6 Å². The highest BCUT2D eigenvalue weighted by atomic mass is 16.1. The number of anilines is 2. The number of carbonyl (C=O) groups is 1. The van der Waals surface area contributed by atoms with Crippen molar-refractivity contribution in [3.05, 3.63) is 54.2 Å². The first-order valence-electron chi connectivity index (χ1n) is 7.49. The molecule has 3 rings (SSSR count). The number of piperazine rings is 1. The molecule has 0 spiro atoms. The second-order valence-electron chi connectivity index (χ2n) is 5.50. The largest absolute Gasteiger partial charge is 0.399 e. The Morgan fingerprint density at radius 1 is 1.09 bits per heavy atom. The molecule has 1 aliphatic rings. The minimum absolute atomic E-state index is 0.124. The quantitative estimate of drug-likeness (QED) is 0.687. The molecule has 0 bridgehead atoms. The summed E-state index contributed by atoms with van der Waals surface area (Å²) in [7, 11) is 0. The van der Waals surface area contributed by atoms with E-state index in [0.717, 1.165) is 32.0 Å². The lowest BCUT2D eigenvalue weighted by molar-refractivity contribution is 0.0926. The molecule has 1 saturated heterocycles. The van der Waals surface area contributed by atoms with Crippen LogP contribution in [-0.2, 0) is 0 Å². The van der Waals surface area contributed by atoms with Crippen molar-refractivity contribution in [1.82, 2.24) is 9.88 Å². The molecule has 0 saturated carbocycles. The first kappa shape index (κ1) is 14.5. The first-order chi connectivity index (χ1) is 10.7. The van der Waals surface area contributed by atoms with Gasteiger partial charge in [-0.15, -0.1) is 0 Å². The van der Waals surface area contributed by atoms with Gasteiger partial charge in [-0.05, 0) is 24.3 Å². The van der Waals surface area contributed by atoms with Crippen LogP contribution >= 0.6 is 0 Å². The maximum Gasteiger partial charge on any atom is 0.176 e. The number of Topliss-reactive ketones (excluding diaryl/α,β-unsaturated/α-hetero) is 1. The highest BCUT2D eigenvalue weighted by Crippen LogP contribution is 2.13. The molecule has 0 atom stereocenters. The average Bonchev–Trinajstić information content (AvgIpc) is 2.56. The van der Waals surface area contributed by atoms with Crippen molar-refractivity contribution >= 4 is 17.3 Å². The fourth-order valence-electron chi connectivity index (χ4n) is 2.68. The number of nitrogens with zero attached hydrogens (tertiary/aromatic N) is 3. The van der Waals surface area contributed by atoms with Crippen molar-refractivity contribution < 1.29 is 4.79 Å². The molecule has 0 aliphatic carbocycles. The van der Waals surface area contributed by atoms with Gasteiger partial charge >= 0.3 is 0 Å². The molecule has 1 fully saturated rings. The summed E-state index contributed by atoms with van der Waals surface area (Å²) in [6, 6.07) is 13.1. The van der Waals surface area contributed by atoms with Gasteiger partial charge in [-0.1, -0.05) is 18.2 Å². The first-order valence-corrected chi connectivity index (χ1v) is 7.49. The Bertz CT molecular complexity index is 636. The molecule has 1 aromatic heterocycles. The van der Waals surface area contributed by atoms with Gasteiger partial charge in [0.05, 0.1) is 6.54 Å². The summed E-state index contributed by atoms with van der Waals surface area (Å²) in [6.07, 6.45) is 1.81. The third-order valence-electron chi connectivity index (χ3n) is 3.92. The smallest absolute Gasteiger partial charge is 0.176 e. The molecule has 0 amide bonds. The molecule has 5 heteroatoms. The van der Waals surface area contributed by atoms with E-state index in [1.54, 1.807) is 12.1 Å². The number of carbonyl (C=O) groups excluding carboxylic acids is 1. The van der Waals surface area contributed by atoms with E-state index in [1.807, 2.05) is 36.5 Å². The molecule has 22 heavy (non-hydrogen) atoms. The molecule has 2 aromatic rings. The van der Waals surface area contributed by atoms with Crippen LogP contribution in [-0.4, -0.2) is 48.4 Å². The molecular weight excluding hydrogens is 276 g/mol. The summed E-state index contributed by atoms with van der Waals surface area (Å²) in [6.45, 7) is 3.96. The van der Waals surface area contributed by atoms with E-state index in [0.29, 0.717) is 17.8 Å². The summed E-state index contributed by atoms with van der Waals surface area (Å²) in [4.78, 5) is 21.1. The van der Waals surface area contributed by atoms with Crippen LogP contribution in [0.2, 0.25) is 0 Å². The molecule has 0 unspecified atom stereocenters. The summed E-state index contributed by atoms with van der Waals surface area (Å²) in [5.74, 6) is 1.13. The minimum atomic E-state index is 0.124. The van der Waals surface area contributed by atoms with Crippen molar-refractivity contribution in [2.45, 2.75) is 0 Å². The standard InChI is InChI=1S/C17H20N4O/c18-15-5-3-4-14(12-15)16(22)13-20-8-10-21(11-9-20)17-6-1-2-7-19-17/h1-7,12H,8-11,13,18H2. The van der Waals surface area contributed by atoms with Gasteiger partial charge in [-0.25, -0.2) is 4.98 Å². The fourth-order valence-corrected chi connectivity index (χ4v) is 2.68. The number of pyridine rings is 1. The van der Waals surface area contributed by atoms with E-state index in [4.69, 9.17) is 5.73 Å². The van der Waals surface area contributed by atoms with Gasteiger partial charge in [-0.3, -0.25) is 9.69 Å². The topological polar surface area (TPSA) is 62.5 Å². The highest BCUT2D eigenvalue weighted by molar-refractivity contribution is 5.98. The van der Waals surface area contributed by atoms with E-state index < -0.39 is 0 Å². The molecule has 114 valence electrons. The number of hydrogen-bond donors (Lipinski definition) is 1. The maximum atomic E-state index is 12.3. The van der Waals surface area contributed by atoms with Gasteiger partial charge in [-0.2, -0.15) is 0 Å². The number of rotatable bonds is 4. The van der Waals surface area contributed by atoms with Crippen LogP contribution in [0.25, 0.3) is 0 Å². The Kier molecular flexibility index (Phi) is 4.34. The number of ketones is 1. The predicted octanol–water partition coefficient (Wildman–Crippen LogP) is 1.67. The van der Waals surface area contributed by atoms with Gasteiger partial charge in [0.15, 0.2) is 5.78 Å². The molecule has 2 N–H and O–H groups in total. The third kappa shape index (κ3) is 3.43. The molecular formula is C17H20N4O. The summed E-state index contributed by atoms with van der Waals surface area (Å²) >= 11 is 0. The lowest BCUT2D eigenvalue weighted by Gasteiger charge is -2.35. The zero-order valence-electron chi connectivity index (χ0n) is 12.5. The molecule has 2 heterocycles. The zero-order valence-corrected chi connectivity index (χ0v) is 12.5. The Morgan fingerprint density at radius 3 is 2.59 bits per heavy atom. The van der Waals surface area contributed by atoms with Crippen LogP contribution in [0.5, 0.6) is 0 Å². The predicted molar refractivity (Wildman–Crippen MR) is 88.1 cm³/mol. The average molecular weight is 296 g/mol. The molecule has 1 aromatic carbocycles. The molecule has 5 nitrogen and oxygen atoms in total. The number of hydrogen-bond acceptors (Lipinski definition) is 5. The zero-order chi connectivity index (χ0) is 15.4. The number of benzene rings is 1. The van der Waals surface area contributed by atoms with Crippen LogP contribution in [0.4, 0.5) is 11.5 Å². The summed E-state index contributed by atoms with van der Waals surface area (Å²) < 4.78 is 0. The lowest BCUT2D eigenvalue weighted by atomic mass is 10.1. The van der Waals surface area contributed by atoms with Crippen molar-refractivity contribution in [2.24, 2.45) is 0 Å². The Labute approximate surface area is 130 Å².